The van der Waals surface area contributed by atoms with Gasteiger partial charge in [0.1, 0.15) is 15.7 Å². The van der Waals surface area contributed by atoms with E-state index in [1.165, 1.54) is 15.6 Å². The minimum atomic E-state index is -3.62. The van der Waals surface area contributed by atoms with Crippen LogP contribution in [0.4, 0.5) is 11.6 Å². The van der Waals surface area contributed by atoms with E-state index in [0.29, 0.717) is 46.5 Å². The van der Waals surface area contributed by atoms with Crippen molar-refractivity contribution < 1.29 is 8.42 Å². The molecule has 1 atom stereocenters. The molecule has 1 unspecified atom stereocenters. The number of pyridine rings is 1. The number of likely N-dealkylation sites (tertiary alicyclic amines) is 1. The summed E-state index contributed by atoms with van der Waals surface area (Å²) in [6.45, 7) is 2.45. The molecule has 1 saturated heterocycles. The van der Waals surface area contributed by atoms with Crippen LogP contribution in [0.25, 0.3) is 22.4 Å². The summed E-state index contributed by atoms with van der Waals surface area (Å²) < 4.78 is 29.9. The molecule has 230 valence electrons. The summed E-state index contributed by atoms with van der Waals surface area (Å²) in [6.07, 6.45) is 6.19. The first-order valence-electron chi connectivity index (χ1n) is 14.3. The summed E-state index contributed by atoms with van der Waals surface area (Å²) in [5.41, 5.74) is 4.29. The van der Waals surface area contributed by atoms with E-state index >= 15 is 0 Å². The Morgan fingerprint density at radius 2 is 1.91 bits per heavy atom. The van der Waals surface area contributed by atoms with Gasteiger partial charge in [0.25, 0.3) is 5.56 Å². The summed E-state index contributed by atoms with van der Waals surface area (Å²) in [6, 6.07) is 10.0. The molecular weight excluding hydrogens is 599 g/mol. The molecule has 5 aromatic rings. The van der Waals surface area contributed by atoms with Gasteiger partial charge in [-0.3, -0.25) is 9.36 Å². The molecule has 0 amide bonds. The van der Waals surface area contributed by atoms with Crippen molar-refractivity contribution in [2.75, 3.05) is 51.8 Å². The van der Waals surface area contributed by atoms with E-state index in [1.807, 2.05) is 38.2 Å². The van der Waals surface area contributed by atoms with Crippen LogP contribution in [0.15, 0.2) is 63.4 Å². The van der Waals surface area contributed by atoms with Crippen LogP contribution in [-0.2, 0) is 23.4 Å². The van der Waals surface area contributed by atoms with E-state index in [2.05, 4.69) is 44.3 Å². The fourth-order valence-electron chi connectivity index (χ4n) is 5.49. The third-order valence-electron chi connectivity index (χ3n) is 7.92. The van der Waals surface area contributed by atoms with E-state index in [4.69, 9.17) is 4.98 Å². The highest BCUT2D eigenvalue weighted by atomic mass is 32.2. The van der Waals surface area contributed by atoms with Gasteiger partial charge in [-0.1, -0.05) is 12.1 Å². The van der Waals surface area contributed by atoms with Crippen molar-refractivity contribution in [1.29, 1.82) is 0 Å². The lowest BCUT2D eigenvalue weighted by Gasteiger charge is -2.14. The molecule has 6 rings (SSSR count). The smallest absolute Gasteiger partial charge is 0.263 e. The van der Waals surface area contributed by atoms with Crippen LogP contribution in [0.3, 0.4) is 0 Å². The van der Waals surface area contributed by atoms with Gasteiger partial charge in [-0.05, 0) is 63.8 Å². The molecule has 5 heterocycles. The van der Waals surface area contributed by atoms with Gasteiger partial charge >= 0.3 is 0 Å². The number of rotatable bonds is 10. The minimum absolute atomic E-state index is 0.0510. The Morgan fingerprint density at radius 1 is 1.11 bits per heavy atom. The molecule has 1 aliphatic heterocycles. The van der Waals surface area contributed by atoms with Crippen LogP contribution >= 0.6 is 11.3 Å². The van der Waals surface area contributed by atoms with Crippen molar-refractivity contribution in [3.8, 4) is 11.4 Å². The highest BCUT2D eigenvalue weighted by molar-refractivity contribution is 7.93. The second kappa shape index (κ2) is 12.2. The Morgan fingerprint density at radius 3 is 2.59 bits per heavy atom. The molecular formula is C30H35N9O3S2. The number of hydrogen-bond donors (Lipinski definition) is 1. The van der Waals surface area contributed by atoms with Crippen molar-refractivity contribution in [3.63, 3.8) is 0 Å². The minimum Gasteiger partial charge on any atom is -0.334 e. The van der Waals surface area contributed by atoms with Crippen LogP contribution in [0.5, 0.6) is 0 Å². The van der Waals surface area contributed by atoms with Crippen LogP contribution in [0.2, 0.25) is 0 Å². The number of hydrogen-bond acceptors (Lipinski definition) is 11. The lowest BCUT2D eigenvalue weighted by atomic mass is 9.98. The molecule has 12 nitrogen and oxygen atoms in total. The third kappa shape index (κ3) is 6.15. The van der Waals surface area contributed by atoms with Gasteiger partial charge in [-0.25, -0.2) is 23.4 Å². The molecule has 0 bridgehead atoms. The molecule has 0 aliphatic carbocycles. The lowest BCUT2D eigenvalue weighted by Crippen LogP contribution is -2.26. The molecule has 1 fully saturated rings. The van der Waals surface area contributed by atoms with Crippen molar-refractivity contribution in [1.82, 2.24) is 38.9 Å². The Labute approximate surface area is 260 Å². The molecule has 1 N–H and O–H groups in total. The van der Waals surface area contributed by atoms with Crippen molar-refractivity contribution in [2.24, 2.45) is 7.05 Å². The predicted octanol–water partition coefficient (Wildman–Crippen LogP) is 3.19. The highest BCUT2D eigenvalue weighted by Gasteiger charge is 2.25. The first-order chi connectivity index (χ1) is 21.1. The van der Waals surface area contributed by atoms with Crippen LogP contribution < -0.4 is 10.9 Å². The SMILES string of the molecule is CN(C)CCS(=O)(=O)c1scnc1Cn1c(=O)c(-c2nccn2C)cc2cnc(Nc3ccc(C4CCN(C)C4)cc3)nc21. The molecule has 4 aromatic heterocycles. The monoisotopic (exact) mass is 633 g/mol. The fourth-order valence-corrected chi connectivity index (χ4v) is 8.25. The summed E-state index contributed by atoms with van der Waals surface area (Å²) >= 11 is 1.06. The zero-order chi connectivity index (χ0) is 31.0. The maximum absolute atomic E-state index is 14.0. The van der Waals surface area contributed by atoms with Gasteiger partial charge in [0, 0.05) is 49.8 Å². The fraction of sp³-hybridized carbons (Fsp3) is 0.367. The largest absolute Gasteiger partial charge is 0.334 e. The predicted molar refractivity (Wildman–Crippen MR) is 172 cm³/mol. The first kappa shape index (κ1) is 30.1. The summed E-state index contributed by atoms with van der Waals surface area (Å²) in [5, 5.41) is 3.88. The van der Waals surface area contributed by atoms with Crippen LogP contribution in [0, 0.1) is 0 Å². The lowest BCUT2D eigenvalue weighted by molar-refractivity contribution is 0.411. The average Bonchev–Trinajstić information content (AvgIpc) is 3.76. The maximum Gasteiger partial charge on any atom is 0.263 e. The van der Waals surface area contributed by atoms with Gasteiger partial charge in [-0.2, -0.15) is 4.98 Å². The number of aryl methyl sites for hydroxylation is 1. The number of likely N-dealkylation sites (N-methyl/N-ethyl adjacent to an activating group) is 1. The van der Waals surface area contributed by atoms with Gasteiger partial charge < -0.3 is 19.7 Å². The molecule has 1 aromatic carbocycles. The standard InChI is InChI=1S/C30H35N9O3S2/c1-36(2)13-14-44(41,42)29-25(33-19-43-29)18-39-26-22(15-24(28(39)40)27-31-10-12-38(27)4)16-32-30(35-26)34-23-7-5-20(6-8-23)21-9-11-37(3)17-21/h5-8,10,12,15-16,19,21H,9,11,13-14,17-18H2,1-4H3,(H,32,34,35). The van der Waals surface area contributed by atoms with Crippen molar-refractivity contribution in [2.45, 2.75) is 23.1 Å². The van der Waals surface area contributed by atoms with Crippen molar-refractivity contribution >= 4 is 43.8 Å². The number of nitrogens with zero attached hydrogens (tertiary/aromatic N) is 8. The third-order valence-corrected chi connectivity index (χ3v) is 11.2. The van der Waals surface area contributed by atoms with Gasteiger partial charge in [0.05, 0.1) is 29.1 Å². The zero-order valence-corrected chi connectivity index (χ0v) is 26.8. The number of fused-ring (bicyclic) bond motifs is 1. The highest BCUT2D eigenvalue weighted by Crippen LogP contribution is 2.28. The van der Waals surface area contributed by atoms with Gasteiger partial charge in [0.2, 0.25) is 5.95 Å². The number of aromatic nitrogens is 6. The summed E-state index contributed by atoms with van der Waals surface area (Å²) in [7, 11) is 3.99. The second-order valence-electron chi connectivity index (χ2n) is 11.5. The van der Waals surface area contributed by atoms with Crippen molar-refractivity contribution in [3.05, 3.63) is 76.0 Å². The Bertz CT molecular complexity index is 1960. The topological polar surface area (TPSA) is 131 Å². The zero-order valence-electron chi connectivity index (χ0n) is 25.1. The van der Waals surface area contributed by atoms with E-state index < -0.39 is 9.84 Å². The second-order valence-corrected chi connectivity index (χ2v) is 14.6. The van der Waals surface area contributed by atoms with Crippen LogP contribution in [0.1, 0.15) is 23.6 Å². The number of imidazole rings is 1. The van der Waals surface area contributed by atoms with Gasteiger partial charge in [-0.15, -0.1) is 11.3 Å². The molecule has 0 saturated carbocycles. The molecule has 0 spiro atoms. The average molecular weight is 634 g/mol. The molecule has 1 aliphatic rings. The number of thiazole rings is 1. The van der Waals surface area contributed by atoms with E-state index in [1.54, 1.807) is 29.2 Å². The quantitative estimate of drug-likeness (QED) is 0.245. The van der Waals surface area contributed by atoms with Gasteiger partial charge in [0.15, 0.2) is 9.84 Å². The summed E-state index contributed by atoms with van der Waals surface area (Å²) in [4.78, 5) is 36.2. The van der Waals surface area contributed by atoms with Crippen LogP contribution in [-0.4, -0.2) is 93.8 Å². The number of nitrogens with one attached hydrogen (secondary N) is 1. The van der Waals surface area contributed by atoms with E-state index in [-0.39, 0.29) is 22.1 Å². The Kier molecular flexibility index (Phi) is 8.33. The molecule has 14 heteroatoms. The molecule has 44 heavy (non-hydrogen) atoms. The Hall–Kier alpha value is -3.98. The van der Waals surface area contributed by atoms with E-state index in [9.17, 15) is 13.2 Å². The Balaban J connectivity index is 1.38. The van der Waals surface area contributed by atoms with E-state index in [0.717, 1.165) is 36.5 Å². The number of sulfone groups is 1. The number of anilines is 2. The first-order valence-corrected chi connectivity index (χ1v) is 16.9. The summed E-state index contributed by atoms with van der Waals surface area (Å²) in [5.74, 6) is 1.28. The number of benzene rings is 1. The maximum atomic E-state index is 14.0. The normalized spacial score (nSPS) is 15.9. The molecule has 0 radical (unpaired) electrons.